The van der Waals surface area contributed by atoms with Gasteiger partial charge in [0, 0.05) is 20.0 Å². The summed E-state index contributed by atoms with van der Waals surface area (Å²) in [5.74, 6) is 0. The summed E-state index contributed by atoms with van der Waals surface area (Å²) in [6, 6.07) is 34.5. The van der Waals surface area contributed by atoms with E-state index in [0.29, 0.717) is 0 Å². The average Bonchev–Trinajstić information content (AvgIpc) is 2.73. The summed E-state index contributed by atoms with van der Waals surface area (Å²) >= 11 is 5.34. The highest BCUT2D eigenvalue weighted by molar-refractivity contribution is 9.10. The van der Waals surface area contributed by atoms with Gasteiger partial charge in [-0.15, -0.1) is 0 Å². The van der Waals surface area contributed by atoms with Crippen LogP contribution in [-0.4, -0.2) is 0 Å². The van der Waals surface area contributed by atoms with E-state index in [0.717, 1.165) is 4.47 Å². The summed E-state index contributed by atoms with van der Waals surface area (Å²) in [4.78, 5) is 4.92. The second-order valence-electron chi connectivity index (χ2n) is 6.43. The Balaban J connectivity index is 1.59. The molecule has 0 saturated heterocycles. The Bertz CT molecular complexity index is 1060. The van der Waals surface area contributed by atoms with Crippen molar-refractivity contribution in [2.45, 2.75) is 9.79 Å². The molecule has 0 aliphatic carbocycles. The second-order valence-corrected chi connectivity index (χ2v) is 8.43. The Morgan fingerprint density at radius 2 is 1.04 bits per heavy atom. The van der Waals surface area contributed by atoms with Crippen molar-refractivity contribution < 1.29 is 0 Å². The number of nitrogens with zero attached hydrogens (tertiary/aromatic N) is 1. The van der Waals surface area contributed by atoms with Crippen LogP contribution in [0.3, 0.4) is 0 Å². The Labute approximate surface area is 171 Å². The van der Waals surface area contributed by atoms with Crippen molar-refractivity contribution in [2.75, 3.05) is 4.90 Å². The van der Waals surface area contributed by atoms with Gasteiger partial charge in [0.2, 0.25) is 0 Å². The number of halogens is 1. The average molecular weight is 430 g/mol. The predicted octanol–water partition coefficient (Wildman–Crippen LogP) is 8.05. The van der Waals surface area contributed by atoms with Crippen molar-refractivity contribution in [3.05, 3.63) is 102 Å². The van der Waals surface area contributed by atoms with Crippen molar-refractivity contribution in [1.29, 1.82) is 0 Å². The largest absolute Gasteiger partial charge is 0.308 e. The molecule has 5 rings (SSSR count). The number of para-hydroxylation sites is 2. The standard InChI is InChI=1S/C24H16BrNS/c25-19-13-9-17(10-14-19)18-11-15-20(16-12-18)26-21-5-1-3-7-23(21)27-24-8-4-2-6-22(24)26/h1-16H. The van der Waals surface area contributed by atoms with Gasteiger partial charge in [0.25, 0.3) is 0 Å². The van der Waals surface area contributed by atoms with Crippen LogP contribution in [0.4, 0.5) is 17.1 Å². The Hall–Kier alpha value is -2.49. The first-order valence-corrected chi connectivity index (χ1v) is 10.4. The molecule has 130 valence electrons. The van der Waals surface area contributed by atoms with Gasteiger partial charge in [0.15, 0.2) is 0 Å². The molecule has 0 atom stereocenters. The smallest absolute Gasteiger partial charge is 0.0601 e. The van der Waals surface area contributed by atoms with E-state index in [4.69, 9.17) is 0 Å². The zero-order chi connectivity index (χ0) is 18.2. The lowest BCUT2D eigenvalue weighted by atomic mass is 10.0. The summed E-state index contributed by atoms with van der Waals surface area (Å²) in [5, 5.41) is 0. The number of hydrogen-bond acceptors (Lipinski definition) is 2. The van der Waals surface area contributed by atoms with E-state index in [1.54, 1.807) is 0 Å². The van der Waals surface area contributed by atoms with Crippen LogP contribution in [0.1, 0.15) is 0 Å². The molecule has 0 aromatic heterocycles. The van der Waals surface area contributed by atoms with Gasteiger partial charge in [-0.05, 0) is 59.7 Å². The minimum atomic E-state index is 1.10. The Morgan fingerprint density at radius 1 is 0.556 bits per heavy atom. The fourth-order valence-electron chi connectivity index (χ4n) is 3.43. The Morgan fingerprint density at radius 3 is 1.59 bits per heavy atom. The van der Waals surface area contributed by atoms with Crippen LogP contribution in [0.5, 0.6) is 0 Å². The fourth-order valence-corrected chi connectivity index (χ4v) is 4.75. The minimum Gasteiger partial charge on any atom is -0.308 e. The SMILES string of the molecule is Brc1ccc(-c2ccc(N3c4ccccc4Sc4ccccc43)cc2)cc1. The lowest BCUT2D eigenvalue weighted by Crippen LogP contribution is -2.14. The number of anilines is 3. The molecule has 27 heavy (non-hydrogen) atoms. The van der Waals surface area contributed by atoms with Gasteiger partial charge in [0.1, 0.15) is 0 Å². The summed E-state index contributed by atoms with van der Waals surface area (Å²) in [6.45, 7) is 0. The topological polar surface area (TPSA) is 3.24 Å². The maximum atomic E-state index is 3.50. The molecule has 0 saturated carbocycles. The van der Waals surface area contributed by atoms with Crippen LogP contribution in [0.25, 0.3) is 11.1 Å². The Kier molecular flexibility index (Phi) is 4.27. The lowest BCUT2D eigenvalue weighted by Gasteiger charge is -2.32. The van der Waals surface area contributed by atoms with E-state index in [-0.39, 0.29) is 0 Å². The van der Waals surface area contributed by atoms with E-state index < -0.39 is 0 Å². The fraction of sp³-hybridized carbons (Fsp3) is 0. The molecule has 1 aliphatic rings. The predicted molar refractivity (Wildman–Crippen MR) is 118 cm³/mol. The molecule has 0 amide bonds. The third-order valence-electron chi connectivity index (χ3n) is 4.74. The van der Waals surface area contributed by atoms with Crippen molar-refractivity contribution in [1.82, 2.24) is 0 Å². The highest BCUT2D eigenvalue weighted by atomic mass is 79.9. The zero-order valence-electron chi connectivity index (χ0n) is 14.5. The highest BCUT2D eigenvalue weighted by Crippen LogP contribution is 2.51. The third kappa shape index (κ3) is 3.07. The lowest BCUT2D eigenvalue weighted by molar-refractivity contribution is 1.17. The summed E-state index contributed by atoms with van der Waals surface area (Å²) in [5.41, 5.74) is 6.09. The van der Waals surface area contributed by atoms with Crippen molar-refractivity contribution in [3.63, 3.8) is 0 Å². The highest BCUT2D eigenvalue weighted by Gasteiger charge is 2.23. The van der Waals surface area contributed by atoms with Gasteiger partial charge < -0.3 is 4.90 Å². The molecular formula is C24H16BrNS. The first-order chi connectivity index (χ1) is 13.3. The molecule has 4 aromatic rings. The molecule has 3 heteroatoms. The van der Waals surface area contributed by atoms with Crippen molar-refractivity contribution in [2.24, 2.45) is 0 Å². The van der Waals surface area contributed by atoms with E-state index in [2.05, 4.69) is 118 Å². The summed E-state index contributed by atoms with van der Waals surface area (Å²) in [6.07, 6.45) is 0. The molecule has 1 nitrogen and oxygen atoms in total. The molecule has 0 spiro atoms. The monoisotopic (exact) mass is 429 g/mol. The number of benzene rings is 4. The van der Waals surface area contributed by atoms with Crippen LogP contribution in [-0.2, 0) is 0 Å². The molecule has 1 heterocycles. The van der Waals surface area contributed by atoms with Gasteiger partial charge in [-0.25, -0.2) is 0 Å². The van der Waals surface area contributed by atoms with Crippen LogP contribution in [0.15, 0.2) is 111 Å². The second kappa shape index (κ2) is 6.91. The normalized spacial score (nSPS) is 12.4. The van der Waals surface area contributed by atoms with Gasteiger partial charge in [0.05, 0.1) is 11.4 Å². The van der Waals surface area contributed by atoms with E-state index in [1.165, 1.54) is 38.0 Å². The van der Waals surface area contributed by atoms with Gasteiger partial charge in [-0.1, -0.05) is 76.2 Å². The van der Waals surface area contributed by atoms with Crippen molar-refractivity contribution in [3.8, 4) is 11.1 Å². The van der Waals surface area contributed by atoms with E-state index in [9.17, 15) is 0 Å². The van der Waals surface area contributed by atoms with Gasteiger partial charge in [-0.3, -0.25) is 0 Å². The molecule has 0 unspecified atom stereocenters. The summed E-state index contributed by atoms with van der Waals surface area (Å²) < 4.78 is 1.10. The van der Waals surface area contributed by atoms with Crippen LogP contribution in [0, 0.1) is 0 Å². The maximum absolute atomic E-state index is 3.50. The molecule has 0 fully saturated rings. The maximum Gasteiger partial charge on any atom is 0.0601 e. The van der Waals surface area contributed by atoms with Crippen LogP contribution >= 0.6 is 27.7 Å². The van der Waals surface area contributed by atoms with E-state index in [1.807, 2.05) is 11.8 Å². The van der Waals surface area contributed by atoms with Gasteiger partial charge in [-0.2, -0.15) is 0 Å². The minimum absolute atomic E-state index is 1.10. The quantitative estimate of drug-likeness (QED) is 0.279. The number of hydrogen-bond donors (Lipinski definition) is 0. The first kappa shape index (κ1) is 16.7. The molecular weight excluding hydrogens is 414 g/mol. The third-order valence-corrected chi connectivity index (χ3v) is 6.39. The summed E-state index contributed by atoms with van der Waals surface area (Å²) in [7, 11) is 0. The first-order valence-electron chi connectivity index (χ1n) is 8.82. The van der Waals surface area contributed by atoms with Gasteiger partial charge >= 0.3 is 0 Å². The molecule has 4 aromatic carbocycles. The molecule has 0 bridgehead atoms. The van der Waals surface area contributed by atoms with Crippen LogP contribution < -0.4 is 4.90 Å². The van der Waals surface area contributed by atoms with Crippen LogP contribution in [0.2, 0.25) is 0 Å². The molecule has 0 N–H and O–H groups in total. The zero-order valence-corrected chi connectivity index (χ0v) is 16.9. The molecule has 1 aliphatic heterocycles. The number of fused-ring (bicyclic) bond motifs is 2. The van der Waals surface area contributed by atoms with Crippen molar-refractivity contribution >= 4 is 44.8 Å². The number of rotatable bonds is 2. The molecule has 0 radical (unpaired) electrons. The van der Waals surface area contributed by atoms with E-state index >= 15 is 0 Å².